The fourth-order valence-electron chi connectivity index (χ4n) is 3.68. The van der Waals surface area contributed by atoms with E-state index in [-0.39, 0.29) is 28.8 Å². The zero-order valence-corrected chi connectivity index (χ0v) is 15.7. The van der Waals surface area contributed by atoms with E-state index in [1.165, 1.54) is 12.1 Å². The molecule has 1 aromatic carbocycles. The zero-order valence-electron chi connectivity index (χ0n) is 15.0. The van der Waals surface area contributed by atoms with E-state index in [0.717, 1.165) is 32.2 Å². The zero-order chi connectivity index (χ0) is 18.7. The van der Waals surface area contributed by atoms with Crippen LogP contribution in [0.2, 0.25) is 5.02 Å². The molecular weight excluding hydrogens is 357 g/mol. The Morgan fingerprint density at radius 3 is 2.88 bits per heavy atom. The molecule has 2 N–H and O–H groups in total. The van der Waals surface area contributed by atoms with E-state index in [9.17, 15) is 14.0 Å². The molecule has 3 rings (SSSR count). The Labute approximate surface area is 158 Å². The van der Waals surface area contributed by atoms with Crippen LogP contribution in [0.5, 0.6) is 0 Å². The van der Waals surface area contributed by atoms with E-state index in [1.54, 1.807) is 11.8 Å². The van der Waals surface area contributed by atoms with Crippen LogP contribution >= 0.6 is 11.6 Å². The van der Waals surface area contributed by atoms with Crippen molar-refractivity contribution in [2.75, 3.05) is 26.2 Å². The van der Waals surface area contributed by atoms with Crippen molar-refractivity contribution in [2.45, 2.75) is 38.6 Å². The number of hydrogen-bond acceptors (Lipinski definition) is 3. The van der Waals surface area contributed by atoms with Gasteiger partial charge in [-0.05, 0) is 62.8 Å². The maximum Gasteiger partial charge on any atom is 0.255 e. The van der Waals surface area contributed by atoms with Crippen LogP contribution < -0.4 is 10.6 Å². The molecule has 0 bridgehead atoms. The van der Waals surface area contributed by atoms with Crippen molar-refractivity contribution >= 4 is 23.4 Å². The van der Waals surface area contributed by atoms with E-state index < -0.39 is 5.82 Å². The summed E-state index contributed by atoms with van der Waals surface area (Å²) in [5, 5.41) is 6.33. The van der Waals surface area contributed by atoms with Crippen LogP contribution in [0.1, 0.15) is 41.6 Å². The molecule has 0 aliphatic carbocycles. The van der Waals surface area contributed by atoms with E-state index in [4.69, 9.17) is 11.6 Å². The molecule has 7 heteroatoms. The summed E-state index contributed by atoms with van der Waals surface area (Å²) in [6.07, 6.45) is 3.76. The Kier molecular flexibility index (Phi) is 6.14. The summed E-state index contributed by atoms with van der Waals surface area (Å²) in [5.41, 5.74) is 0.744. The van der Waals surface area contributed by atoms with Gasteiger partial charge in [-0.2, -0.15) is 0 Å². The number of piperidine rings is 1. The summed E-state index contributed by atoms with van der Waals surface area (Å²) in [7, 11) is 0. The first-order valence-electron chi connectivity index (χ1n) is 9.21. The predicted molar refractivity (Wildman–Crippen MR) is 98.8 cm³/mol. The molecule has 0 radical (unpaired) electrons. The van der Waals surface area contributed by atoms with Crippen molar-refractivity contribution in [1.29, 1.82) is 0 Å². The van der Waals surface area contributed by atoms with Gasteiger partial charge in [0.25, 0.3) is 5.91 Å². The highest BCUT2D eigenvalue weighted by Crippen LogP contribution is 2.24. The highest BCUT2D eigenvalue weighted by molar-refractivity contribution is 6.33. The van der Waals surface area contributed by atoms with Crippen molar-refractivity contribution < 1.29 is 14.0 Å². The van der Waals surface area contributed by atoms with Crippen molar-refractivity contribution in [3.63, 3.8) is 0 Å². The lowest BCUT2D eigenvalue weighted by Crippen LogP contribution is -2.46. The van der Waals surface area contributed by atoms with Crippen LogP contribution in [0, 0.1) is 18.7 Å². The molecule has 1 aromatic rings. The molecule has 2 saturated heterocycles. The molecule has 2 aliphatic rings. The predicted octanol–water partition coefficient (Wildman–Crippen LogP) is 2.51. The standard InChI is InChI=1S/C19H25ClFN3O2/c1-12-8-14(15(20)9-16(12)21)19(26)24-7-3-4-13(11-24)10-23-18(25)17-5-2-6-22-17/h8-9,13,17,22H,2-7,10-11H2,1H3,(H,23,25). The van der Waals surface area contributed by atoms with Crippen LogP contribution in [-0.2, 0) is 4.79 Å². The third-order valence-corrected chi connectivity index (χ3v) is 5.54. The van der Waals surface area contributed by atoms with Crippen molar-refractivity contribution in [1.82, 2.24) is 15.5 Å². The second-order valence-corrected chi connectivity index (χ2v) is 7.64. The van der Waals surface area contributed by atoms with E-state index in [0.29, 0.717) is 30.8 Å². The number of aryl methyl sites for hydroxylation is 1. The number of benzene rings is 1. The van der Waals surface area contributed by atoms with Crippen LogP contribution in [0.15, 0.2) is 12.1 Å². The average molecular weight is 382 g/mol. The number of carbonyl (C=O) groups is 2. The normalized spacial score (nSPS) is 23.1. The molecule has 0 saturated carbocycles. The average Bonchev–Trinajstić information content (AvgIpc) is 3.17. The molecule has 142 valence electrons. The monoisotopic (exact) mass is 381 g/mol. The lowest BCUT2D eigenvalue weighted by molar-refractivity contribution is -0.123. The Morgan fingerprint density at radius 1 is 1.35 bits per heavy atom. The Bertz CT molecular complexity index is 692. The molecule has 2 amide bonds. The number of halogens is 2. The van der Waals surface area contributed by atoms with E-state index in [2.05, 4.69) is 10.6 Å². The lowest BCUT2D eigenvalue weighted by Gasteiger charge is -2.33. The highest BCUT2D eigenvalue weighted by atomic mass is 35.5. The molecule has 2 unspecified atom stereocenters. The lowest BCUT2D eigenvalue weighted by atomic mass is 9.97. The maximum atomic E-state index is 13.6. The number of nitrogens with zero attached hydrogens (tertiary/aromatic N) is 1. The van der Waals surface area contributed by atoms with Gasteiger partial charge in [0, 0.05) is 19.6 Å². The van der Waals surface area contributed by atoms with Crippen molar-refractivity contribution in [3.8, 4) is 0 Å². The van der Waals surface area contributed by atoms with E-state index in [1.807, 2.05) is 0 Å². The number of carbonyl (C=O) groups excluding carboxylic acids is 2. The molecule has 2 aliphatic heterocycles. The van der Waals surface area contributed by atoms with Gasteiger partial charge in [-0.1, -0.05) is 11.6 Å². The maximum absolute atomic E-state index is 13.6. The molecule has 5 nitrogen and oxygen atoms in total. The minimum Gasteiger partial charge on any atom is -0.354 e. The Balaban J connectivity index is 1.58. The molecule has 26 heavy (non-hydrogen) atoms. The topological polar surface area (TPSA) is 61.4 Å². The van der Waals surface area contributed by atoms with Crippen molar-refractivity contribution in [3.05, 3.63) is 34.1 Å². The van der Waals surface area contributed by atoms with Gasteiger partial charge in [-0.15, -0.1) is 0 Å². The smallest absolute Gasteiger partial charge is 0.255 e. The largest absolute Gasteiger partial charge is 0.354 e. The van der Waals surface area contributed by atoms with Crippen molar-refractivity contribution in [2.24, 2.45) is 5.92 Å². The number of hydrogen-bond donors (Lipinski definition) is 2. The first kappa shape index (κ1) is 19.1. The first-order valence-corrected chi connectivity index (χ1v) is 9.59. The van der Waals surface area contributed by atoms with Gasteiger partial charge in [0.05, 0.1) is 16.6 Å². The molecule has 2 fully saturated rings. The SMILES string of the molecule is Cc1cc(C(=O)N2CCCC(CNC(=O)C3CCCN3)C2)c(Cl)cc1F. The molecule has 2 heterocycles. The summed E-state index contributed by atoms with van der Waals surface area (Å²) in [4.78, 5) is 26.7. The summed E-state index contributed by atoms with van der Waals surface area (Å²) < 4.78 is 13.6. The highest BCUT2D eigenvalue weighted by Gasteiger charge is 2.28. The summed E-state index contributed by atoms with van der Waals surface area (Å²) >= 11 is 6.08. The summed E-state index contributed by atoms with van der Waals surface area (Å²) in [6.45, 7) is 4.30. The quantitative estimate of drug-likeness (QED) is 0.842. The van der Waals surface area contributed by atoms with Crippen LogP contribution in [0.4, 0.5) is 4.39 Å². The minimum atomic E-state index is -0.411. The molecule has 0 aromatic heterocycles. The van der Waals surface area contributed by atoms with Gasteiger partial charge in [-0.25, -0.2) is 4.39 Å². The number of likely N-dealkylation sites (tertiary alicyclic amines) is 1. The number of nitrogens with one attached hydrogen (secondary N) is 2. The van der Waals surface area contributed by atoms with Gasteiger partial charge in [0.2, 0.25) is 5.91 Å². The minimum absolute atomic E-state index is 0.0446. The third kappa shape index (κ3) is 4.35. The Hall–Kier alpha value is -1.66. The molecule has 0 spiro atoms. The van der Waals surface area contributed by atoms with Gasteiger partial charge >= 0.3 is 0 Å². The van der Waals surface area contributed by atoms with Crippen LogP contribution in [0.25, 0.3) is 0 Å². The number of amides is 2. The van der Waals surface area contributed by atoms with E-state index >= 15 is 0 Å². The molecular formula is C19H25ClFN3O2. The van der Waals surface area contributed by atoms with Gasteiger partial charge in [-0.3, -0.25) is 9.59 Å². The Morgan fingerprint density at radius 2 is 2.15 bits per heavy atom. The van der Waals surface area contributed by atoms with Gasteiger partial charge in [0.15, 0.2) is 0 Å². The summed E-state index contributed by atoms with van der Waals surface area (Å²) in [5.74, 6) is -0.320. The first-order chi connectivity index (χ1) is 12.5. The van der Waals surface area contributed by atoms with Crippen LogP contribution in [-0.4, -0.2) is 48.9 Å². The molecule has 2 atom stereocenters. The fraction of sp³-hybridized carbons (Fsp3) is 0.579. The third-order valence-electron chi connectivity index (χ3n) is 5.23. The second kappa shape index (κ2) is 8.35. The second-order valence-electron chi connectivity index (χ2n) is 7.23. The fourth-order valence-corrected chi connectivity index (χ4v) is 3.92. The summed E-state index contributed by atoms with van der Waals surface area (Å²) in [6, 6.07) is 2.62. The van der Waals surface area contributed by atoms with Gasteiger partial charge < -0.3 is 15.5 Å². The number of rotatable bonds is 4. The van der Waals surface area contributed by atoms with Crippen LogP contribution in [0.3, 0.4) is 0 Å². The van der Waals surface area contributed by atoms with Gasteiger partial charge in [0.1, 0.15) is 5.82 Å².